The number of nitrogens with one attached hydrogen (secondary N) is 2. The first kappa shape index (κ1) is 81.8. The molecule has 10 aromatic rings. The number of carbonyl (C=O) groups excluding carboxylic acids is 5. The van der Waals surface area contributed by atoms with Crippen molar-refractivity contribution in [3.05, 3.63) is 271 Å². The summed E-state index contributed by atoms with van der Waals surface area (Å²) in [7, 11) is 7.01. The first-order chi connectivity index (χ1) is 55.7. The van der Waals surface area contributed by atoms with Crippen molar-refractivity contribution >= 4 is 87.3 Å². The second-order valence-corrected chi connectivity index (χ2v) is 32.1. The van der Waals surface area contributed by atoms with Gasteiger partial charge < -0.3 is 67.8 Å². The van der Waals surface area contributed by atoms with Crippen molar-refractivity contribution in [1.29, 1.82) is 0 Å². The average Bonchev–Trinajstić information content (AvgIpc) is 1.60. The van der Waals surface area contributed by atoms with Gasteiger partial charge in [-0.3, -0.25) is 24.0 Å². The van der Waals surface area contributed by atoms with E-state index in [2.05, 4.69) is 97.6 Å². The maximum absolute atomic E-state index is 14.1. The maximum atomic E-state index is 14.1. The standard InChI is InChI=1S/C49H48N4O6.C47H46N4O5.2Y/c1-29(2)44(54)15-14-31-17-32(27-58-45-23-40-38(16-30(45)3)48(55)52-36(25-50-40)20-34-10-6-8-12-41(34)52)19-33(18-31)28-59-47-24-43-39(22-46(47)57-5)49(56)53-37(26-51(43)4)21-35-11-7-9-13-42(35)53;1-28(2)14-30-16-31(26-55-43-22-39-37(15-29(43)3)46(52)50-35(24-48-39)19-33-10-6-8-12-40(33)50)18-32(17-30)27-56-45-23-42-38(21-44(45)54-5)47(53)51-36(25-49(42)4)20-34-11-7-9-13-41(34)51;;/h6-13,16-19,22-24,29,36-37,50H,14-15,20-21,25,27-28H2,1-5H3;6-13,15-18,21-23,28,35-36,48H,14,19-20,24,26-27H2,1-5H3;;/t36-,37-;35-,36-;;/m00../s1. The predicted molar refractivity (Wildman–Crippen MR) is 447 cm³/mol. The van der Waals surface area contributed by atoms with Gasteiger partial charge in [-0.2, -0.15) is 0 Å². The van der Waals surface area contributed by atoms with Crippen molar-refractivity contribution in [2.24, 2.45) is 11.8 Å². The van der Waals surface area contributed by atoms with Crippen LogP contribution in [0.1, 0.15) is 142 Å². The number of Topliss-reactive ketones (excluding diaryl/α,β-unsaturated/α-hetero) is 1. The molecule has 0 spiro atoms. The number of methoxy groups -OCH3 is 2. The largest absolute Gasteiger partial charge is 0.493 e. The third-order valence-corrected chi connectivity index (χ3v) is 23.3. The second-order valence-electron chi connectivity index (χ2n) is 32.1. The Labute approximate surface area is 734 Å². The third-order valence-electron chi connectivity index (χ3n) is 23.3. The van der Waals surface area contributed by atoms with E-state index in [1.54, 1.807) is 26.4 Å². The summed E-state index contributed by atoms with van der Waals surface area (Å²) < 4.78 is 41.4. The van der Waals surface area contributed by atoms with Crippen molar-refractivity contribution in [2.75, 3.05) is 71.6 Å². The van der Waals surface area contributed by atoms with E-state index in [1.165, 1.54) is 16.7 Å². The SMILES string of the molecule is COc1cc2c(cc1OCc1cc(CCC(=O)C(C)C)cc(COc3cc4c(cc3C)C(=O)N3c5ccccc5C[C@H]3CN4)c1)[N+](C)=[C-][C@@H]1Cc3ccccc3N1C2=O.COc1cc2c(cc1OCc1cc(COc3cc4c(cc3C)C(=O)N3c5ccccc5C[C@H]3CN4)cc(CC(C)C)c1)[N+](C)=[C-][C@@H]1Cc3ccccc3N1C2=O.[Y].[Y]. The number of nitrogens with zero attached hydrogens (tertiary/aromatic N) is 6. The Balaban J connectivity index is 0.000000180. The summed E-state index contributed by atoms with van der Waals surface area (Å²) in [5, 5.41) is 7.09. The molecule has 0 fully saturated rings. The van der Waals surface area contributed by atoms with Crippen LogP contribution < -0.4 is 58.7 Å². The Morgan fingerprint density at radius 2 is 0.778 bits per heavy atom. The number of hydrogen-bond acceptors (Lipinski definition) is 13. The summed E-state index contributed by atoms with van der Waals surface area (Å²) in [4.78, 5) is 76.2. The van der Waals surface area contributed by atoms with Gasteiger partial charge in [-0.1, -0.05) is 125 Å². The van der Waals surface area contributed by atoms with Crippen molar-refractivity contribution in [1.82, 2.24) is 0 Å². The molecule has 0 saturated heterocycles. The smallest absolute Gasteiger partial charge is 0.260 e. The fourth-order valence-electron chi connectivity index (χ4n) is 17.7. The molecule has 117 heavy (non-hydrogen) atoms. The number of hydrogen-bond donors (Lipinski definition) is 2. The summed E-state index contributed by atoms with van der Waals surface area (Å²) in [5.74, 6) is 3.88. The quantitative estimate of drug-likeness (QED) is 0.0543. The van der Waals surface area contributed by atoms with Crippen molar-refractivity contribution in [3.63, 3.8) is 0 Å². The molecule has 8 heterocycles. The van der Waals surface area contributed by atoms with E-state index in [0.717, 1.165) is 121 Å². The van der Waals surface area contributed by atoms with Crippen LogP contribution in [0.2, 0.25) is 0 Å². The van der Waals surface area contributed by atoms with Crippen LogP contribution in [0.15, 0.2) is 182 Å². The van der Waals surface area contributed by atoms with Crippen LogP contribution in [0, 0.1) is 25.7 Å². The Bertz CT molecular complexity index is 5700. The van der Waals surface area contributed by atoms with E-state index in [4.69, 9.17) is 28.4 Å². The van der Waals surface area contributed by atoms with Gasteiger partial charge >= 0.3 is 0 Å². The molecule has 8 aliphatic rings. The molecule has 18 rings (SSSR count). The molecule has 0 unspecified atom stereocenters. The molecule has 2 radical (unpaired) electrons. The van der Waals surface area contributed by atoms with E-state index < -0.39 is 0 Å². The first-order valence-corrected chi connectivity index (χ1v) is 39.8. The molecule has 0 saturated carbocycles. The minimum absolute atomic E-state index is 0. The van der Waals surface area contributed by atoms with Gasteiger partial charge in [0.1, 0.15) is 69.3 Å². The third kappa shape index (κ3) is 16.2. The number of ether oxygens (including phenoxy) is 6. The van der Waals surface area contributed by atoms with E-state index in [9.17, 15) is 24.0 Å². The van der Waals surface area contributed by atoms with Gasteiger partial charge in [0.15, 0.2) is 11.5 Å². The molecule has 4 atom stereocenters. The van der Waals surface area contributed by atoms with Gasteiger partial charge in [0.05, 0.1) is 60.2 Å². The molecule has 0 bridgehead atoms. The second kappa shape index (κ2) is 34.3. The number of benzene rings is 10. The number of carbonyl (C=O) groups is 5. The molecule has 2 N–H and O–H groups in total. The molecule has 8 aliphatic heterocycles. The molecular weight excluding hydrogens is 1620 g/mol. The van der Waals surface area contributed by atoms with Gasteiger partial charge in [0.25, 0.3) is 11.8 Å². The van der Waals surface area contributed by atoms with Crippen molar-refractivity contribution < 1.29 is 127 Å². The zero-order valence-corrected chi connectivity index (χ0v) is 73.5. The van der Waals surface area contributed by atoms with Crippen LogP contribution in [0.3, 0.4) is 0 Å². The maximum Gasteiger partial charge on any atom is 0.260 e. The molecular formula is C96H94N8O11Y2. The molecule has 19 nitrogen and oxygen atoms in total. The fourth-order valence-corrected chi connectivity index (χ4v) is 17.7. The van der Waals surface area contributed by atoms with Crippen molar-refractivity contribution in [2.45, 2.75) is 137 Å². The summed E-state index contributed by atoms with van der Waals surface area (Å²) in [6.45, 7) is 14.7. The molecule has 21 heteroatoms. The number of ketones is 1. The number of fused-ring (bicyclic) bond motifs is 16. The summed E-state index contributed by atoms with van der Waals surface area (Å²) in [5.41, 5.74) is 21.7. The number of anilines is 6. The van der Waals surface area contributed by atoms with Crippen LogP contribution in [0.4, 0.5) is 45.5 Å². The molecule has 590 valence electrons. The van der Waals surface area contributed by atoms with Crippen LogP contribution in [-0.4, -0.2) is 117 Å². The van der Waals surface area contributed by atoms with E-state index in [1.807, 2.05) is 180 Å². The average molecular weight is 1710 g/mol. The van der Waals surface area contributed by atoms with Crippen LogP contribution >= 0.6 is 0 Å². The van der Waals surface area contributed by atoms with Crippen LogP contribution in [0.5, 0.6) is 34.5 Å². The van der Waals surface area contributed by atoms with Crippen LogP contribution in [0.25, 0.3) is 0 Å². The zero-order chi connectivity index (χ0) is 79.6. The normalized spacial score (nSPS) is 17.3. The Morgan fingerprint density at radius 3 is 1.16 bits per heavy atom. The monoisotopic (exact) mass is 1710 g/mol. The fraction of sp³-hybridized carbons (Fsp3) is 0.302. The summed E-state index contributed by atoms with van der Waals surface area (Å²) >= 11 is 0. The van der Waals surface area contributed by atoms with Crippen LogP contribution in [-0.2, 0) is 135 Å². The van der Waals surface area contributed by atoms with Gasteiger partial charge in [0.2, 0.25) is 11.8 Å². The van der Waals surface area contributed by atoms with Crippen molar-refractivity contribution in [3.8, 4) is 34.5 Å². The summed E-state index contributed by atoms with van der Waals surface area (Å²) in [6.07, 6.45) is 12.0. The first-order valence-electron chi connectivity index (χ1n) is 39.8. The Morgan fingerprint density at radius 1 is 0.427 bits per heavy atom. The molecule has 0 aromatic heterocycles. The number of amides is 4. The number of aryl methyl sites for hydroxylation is 3. The Hall–Kier alpha value is -10.3. The predicted octanol–water partition coefficient (Wildman–Crippen LogP) is 16.3. The Kier molecular flexibility index (Phi) is 24.0. The van der Waals surface area contributed by atoms with Gasteiger partial charge in [-0.25, -0.2) is 0 Å². The van der Waals surface area contributed by atoms with E-state index >= 15 is 0 Å². The minimum atomic E-state index is -0.220. The molecule has 0 aliphatic carbocycles. The number of para-hydroxylation sites is 4. The summed E-state index contributed by atoms with van der Waals surface area (Å²) in [6, 6.07) is 59.9. The van der Waals surface area contributed by atoms with E-state index in [-0.39, 0.29) is 138 Å². The zero-order valence-electron chi connectivity index (χ0n) is 67.8. The number of rotatable bonds is 20. The van der Waals surface area contributed by atoms with Gasteiger partial charge in [-0.05, 0) is 198 Å². The molecule has 10 aromatic carbocycles. The minimum Gasteiger partial charge on any atom is -0.493 e. The van der Waals surface area contributed by atoms with Gasteiger partial charge in [0, 0.05) is 161 Å². The van der Waals surface area contributed by atoms with E-state index in [0.29, 0.717) is 108 Å². The topological polar surface area (TPSA) is 184 Å². The molecule has 4 amide bonds. The van der Waals surface area contributed by atoms with Gasteiger partial charge in [-0.15, -0.1) is 0 Å².